The number of aromatic nitrogens is 1. The Morgan fingerprint density at radius 1 is 1.13 bits per heavy atom. The third-order valence-corrected chi connectivity index (χ3v) is 3.80. The average molecular weight is 425 g/mol. The van der Waals surface area contributed by atoms with Crippen molar-refractivity contribution >= 4 is 46.7 Å². The largest absolute Gasteiger partial charge is 0.368 e. The number of nitrogens with zero attached hydrogens (tertiary/aromatic N) is 2. The molecule has 0 spiro atoms. The van der Waals surface area contributed by atoms with Gasteiger partial charge in [0.1, 0.15) is 5.82 Å². The molecule has 0 radical (unpaired) electrons. The number of pyridine rings is 1. The van der Waals surface area contributed by atoms with Crippen LogP contribution in [-0.4, -0.2) is 37.6 Å². The third kappa shape index (κ3) is 5.53. The van der Waals surface area contributed by atoms with Crippen LogP contribution < -0.4 is 16.0 Å². The Labute approximate surface area is 154 Å². The first-order chi connectivity index (χ1) is 10.8. The molecular weight excluding hydrogens is 401 g/mol. The van der Waals surface area contributed by atoms with Gasteiger partial charge in [-0.3, -0.25) is 4.99 Å². The van der Waals surface area contributed by atoms with Crippen molar-refractivity contribution in [2.45, 2.75) is 12.8 Å². The first-order valence-electron chi connectivity index (χ1n) is 7.89. The Hall–Kier alpha value is -1.57. The van der Waals surface area contributed by atoms with Crippen molar-refractivity contribution in [2.75, 3.05) is 32.0 Å². The minimum Gasteiger partial charge on any atom is -0.368 e. The zero-order valence-corrected chi connectivity index (χ0v) is 15.7. The predicted molar refractivity (Wildman–Crippen MR) is 108 cm³/mol. The molecule has 0 unspecified atom stereocenters. The highest BCUT2D eigenvalue weighted by atomic mass is 127. The first-order valence-corrected chi connectivity index (χ1v) is 7.89. The number of aliphatic imine (C=N–C) groups is 1. The summed E-state index contributed by atoms with van der Waals surface area (Å²) < 4.78 is 0. The van der Waals surface area contributed by atoms with E-state index in [1.165, 1.54) is 12.8 Å². The number of anilines is 1. The lowest BCUT2D eigenvalue weighted by atomic mass is 10.2. The number of rotatable bonds is 6. The third-order valence-electron chi connectivity index (χ3n) is 3.80. The van der Waals surface area contributed by atoms with Crippen molar-refractivity contribution < 1.29 is 0 Å². The van der Waals surface area contributed by atoms with Crippen LogP contribution in [0.2, 0.25) is 0 Å². The topological polar surface area (TPSA) is 61.3 Å². The second kappa shape index (κ2) is 8.90. The molecule has 1 aromatic carbocycles. The minimum absolute atomic E-state index is 0. The van der Waals surface area contributed by atoms with Crippen molar-refractivity contribution in [3.63, 3.8) is 0 Å². The lowest BCUT2D eigenvalue weighted by Gasteiger charge is -2.12. The van der Waals surface area contributed by atoms with Gasteiger partial charge in [-0.1, -0.05) is 18.2 Å². The van der Waals surface area contributed by atoms with Crippen molar-refractivity contribution in [3.05, 3.63) is 36.4 Å². The fourth-order valence-corrected chi connectivity index (χ4v) is 2.32. The van der Waals surface area contributed by atoms with E-state index >= 15 is 0 Å². The molecule has 1 heterocycles. The summed E-state index contributed by atoms with van der Waals surface area (Å²) in [5.41, 5.74) is 1.02. The second-order valence-corrected chi connectivity index (χ2v) is 5.64. The second-order valence-electron chi connectivity index (χ2n) is 5.64. The van der Waals surface area contributed by atoms with Crippen molar-refractivity contribution in [3.8, 4) is 0 Å². The molecule has 3 N–H and O–H groups in total. The first kappa shape index (κ1) is 17.8. The van der Waals surface area contributed by atoms with Gasteiger partial charge in [0.15, 0.2) is 5.96 Å². The van der Waals surface area contributed by atoms with Crippen LogP contribution in [0.15, 0.2) is 41.4 Å². The van der Waals surface area contributed by atoms with E-state index in [4.69, 9.17) is 0 Å². The Balaban J connectivity index is 0.00000192. The summed E-state index contributed by atoms with van der Waals surface area (Å²) in [7, 11) is 1.81. The Morgan fingerprint density at radius 3 is 2.74 bits per heavy atom. The normalized spacial score (nSPS) is 14.2. The van der Waals surface area contributed by atoms with Crippen LogP contribution in [0.3, 0.4) is 0 Å². The number of benzene rings is 1. The molecule has 0 bridgehead atoms. The highest BCUT2D eigenvalue weighted by molar-refractivity contribution is 14.0. The van der Waals surface area contributed by atoms with Gasteiger partial charge in [0, 0.05) is 32.1 Å². The summed E-state index contributed by atoms with van der Waals surface area (Å²) >= 11 is 0. The summed E-state index contributed by atoms with van der Waals surface area (Å²) in [6.45, 7) is 2.63. The standard InChI is InChI=1S/C17H23N5.HI/c1-18-17(21-12-13-6-7-13)20-11-10-19-16-9-8-14-4-2-3-5-15(14)22-16;/h2-5,8-9,13H,6-7,10-12H2,1H3,(H,19,22)(H2,18,20,21);1H. The smallest absolute Gasteiger partial charge is 0.191 e. The van der Waals surface area contributed by atoms with Crippen LogP contribution >= 0.6 is 24.0 Å². The van der Waals surface area contributed by atoms with Crippen molar-refractivity contribution in [1.29, 1.82) is 0 Å². The Kier molecular flexibility index (Phi) is 6.88. The van der Waals surface area contributed by atoms with Crippen LogP contribution in [0.5, 0.6) is 0 Å². The monoisotopic (exact) mass is 425 g/mol. The van der Waals surface area contributed by atoms with Gasteiger partial charge in [-0.2, -0.15) is 0 Å². The highest BCUT2D eigenvalue weighted by Crippen LogP contribution is 2.27. The average Bonchev–Trinajstić information content (AvgIpc) is 3.38. The Morgan fingerprint density at radius 2 is 1.96 bits per heavy atom. The molecule has 124 valence electrons. The minimum atomic E-state index is 0. The molecule has 0 amide bonds. The summed E-state index contributed by atoms with van der Waals surface area (Å²) in [6, 6.07) is 12.2. The summed E-state index contributed by atoms with van der Waals surface area (Å²) in [4.78, 5) is 8.82. The maximum atomic E-state index is 4.60. The lowest BCUT2D eigenvalue weighted by Crippen LogP contribution is -2.40. The lowest BCUT2D eigenvalue weighted by molar-refractivity contribution is 0.740. The van der Waals surface area contributed by atoms with Crippen LogP contribution in [0, 0.1) is 5.92 Å². The molecule has 0 atom stereocenters. The molecule has 5 nitrogen and oxygen atoms in total. The summed E-state index contributed by atoms with van der Waals surface area (Å²) in [5, 5.41) is 11.2. The maximum absolute atomic E-state index is 4.60. The fraction of sp³-hybridized carbons (Fsp3) is 0.412. The predicted octanol–water partition coefficient (Wildman–Crippen LogP) is 2.84. The highest BCUT2D eigenvalue weighted by Gasteiger charge is 2.20. The van der Waals surface area contributed by atoms with Gasteiger partial charge in [-0.15, -0.1) is 24.0 Å². The summed E-state index contributed by atoms with van der Waals surface area (Å²) in [5.74, 6) is 2.63. The van der Waals surface area contributed by atoms with Gasteiger partial charge in [-0.05, 0) is 37.0 Å². The molecule has 1 aromatic heterocycles. The number of hydrogen-bond acceptors (Lipinski definition) is 3. The number of fused-ring (bicyclic) bond motifs is 1. The number of nitrogens with one attached hydrogen (secondary N) is 3. The molecule has 23 heavy (non-hydrogen) atoms. The van der Waals surface area contributed by atoms with Crippen LogP contribution in [-0.2, 0) is 0 Å². The molecule has 1 aliphatic carbocycles. The van der Waals surface area contributed by atoms with Crippen LogP contribution in [0.25, 0.3) is 10.9 Å². The van der Waals surface area contributed by atoms with Crippen molar-refractivity contribution in [1.82, 2.24) is 15.6 Å². The fourth-order valence-electron chi connectivity index (χ4n) is 2.32. The number of guanidine groups is 1. The number of halogens is 1. The van der Waals surface area contributed by atoms with E-state index in [-0.39, 0.29) is 24.0 Å². The number of para-hydroxylation sites is 1. The molecule has 1 aliphatic rings. The van der Waals surface area contributed by atoms with Gasteiger partial charge in [-0.25, -0.2) is 4.98 Å². The quantitative estimate of drug-likeness (QED) is 0.288. The van der Waals surface area contributed by atoms with E-state index in [2.05, 4.69) is 38.1 Å². The van der Waals surface area contributed by atoms with Gasteiger partial charge < -0.3 is 16.0 Å². The van der Waals surface area contributed by atoms with Gasteiger partial charge in [0.25, 0.3) is 0 Å². The summed E-state index contributed by atoms with van der Waals surface area (Å²) in [6.07, 6.45) is 2.69. The van der Waals surface area contributed by atoms with E-state index in [1.807, 2.05) is 24.3 Å². The molecule has 2 aromatic rings. The van der Waals surface area contributed by atoms with Crippen LogP contribution in [0.4, 0.5) is 5.82 Å². The van der Waals surface area contributed by atoms with E-state index < -0.39 is 0 Å². The van der Waals surface area contributed by atoms with Gasteiger partial charge in [0.2, 0.25) is 0 Å². The van der Waals surface area contributed by atoms with Crippen LogP contribution in [0.1, 0.15) is 12.8 Å². The van der Waals surface area contributed by atoms with E-state index in [9.17, 15) is 0 Å². The zero-order valence-electron chi connectivity index (χ0n) is 13.4. The maximum Gasteiger partial charge on any atom is 0.191 e. The zero-order chi connectivity index (χ0) is 15.2. The van der Waals surface area contributed by atoms with Gasteiger partial charge >= 0.3 is 0 Å². The molecular formula is C17H24IN5. The molecule has 0 aliphatic heterocycles. The Bertz CT molecular complexity index is 654. The van der Waals surface area contributed by atoms with Crippen molar-refractivity contribution in [2.24, 2.45) is 10.9 Å². The molecule has 1 saturated carbocycles. The molecule has 1 fully saturated rings. The van der Waals surface area contributed by atoms with E-state index in [0.29, 0.717) is 0 Å². The molecule has 3 rings (SSSR count). The molecule has 0 saturated heterocycles. The number of hydrogen-bond donors (Lipinski definition) is 3. The van der Waals surface area contributed by atoms with E-state index in [1.54, 1.807) is 7.05 Å². The van der Waals surface area contributed by atoms with Gasteiger partial charge in [0.05, 0.1) is 5.52 Å². The SMILES string of the molecule is CN=C(NCCNc1ccc2ccccc2n1)NCC1CC1.I. The van der Waals surface area contributed by atoms with E-state index in [0.717, 1.165) is 48.2 Å². The molecule has 6 heteroatoms.